The normalized spacial score (nSPS) is 21.7. The van der Waals surface area contributed by atoms with E-state index >= 15 is 0 Å². The van der Waals surface area contributed by atoms with Crippen LogP contribution < -0.4 is 26.2 Å². The molecular weight excluding hydrogens is 804 g/mol. The Hall–Kier alpha value is -4.80. The van der Waals surface area contributed by atoms with Gasteiger partial charge in [0.2, 0.25) is 0 Å². The predicted molar refractivity (Wildman–Crippen MR) is 284 cm³/mol. The first-order chi connectivity index (χ1) is 31.7. The summed E-state index contributed by atoms with van der Waals surface area (Å²) in [6.45, 7) is 28.9. The van der Waals surface area contributed by atoms with Crippen LogP contribution in [0.3, 0.4) is 0 Å². The molecule has 330 valence electrons. The van der Waals surface area contributed by atoms with E-state index in [9.17, 15) is 4.11 Å². The van der Waals surface area contributed by atoms with Crippen molar-refractivity contribution in [2.45, 2.75) is 161 Å². The lowest BCUT2D eigenvalue weighted by Crippen LogP contribution is -2.62. The largest absolute Gasteiger partial charge is 0.311 e. The smallest absolute Gasteiger partial charge is 0.252 e. The molecule has 0 spiro atoms. The molecule has 3 heterocycles. The molecule has 0 saturated carbocycles. The second-order valence-corrected chi connectivity index (χ2v) is 26.0. The summed E-state index contributed by atoms with van der Waals surface area (Å²) in [7, 11) is 0. The second-order valence-electron chi connectivity index (χ2n) is 24.9. The van der Waals surface area contributed by atoms with E-state index in [1.807, 2.05) is 17.4 Å². The molecule has 3 aliphatic carbocycles. The van der Waals surface area contributed by atoms with E-state index in [1.54, 1.807) is 0 Å². The quantitative estimate of drug-likeness (QED) is 0.160. The molecule has 65 heavy (non-hydrogen) atoms. The molecular formula is C61H67BN2S. The summed E-state index contributed by atoms with van der Waals surface area (Å²) >= 11 is 1.84. The van der Waals surface area contributed by atoms with Gasteiger partial charge < -0.3 is 9.80 Å². The van der Waals surface area contributed by atoms with Crippen molar-refractivity contribution in [1.82, 2.24) is 0 Å². The van der Waals surface area contributed by atoms with Gasteiger partial charge in [0.1, 0.15) is 0 Å². The van der Waals surface area contributed by atoms with E-state index < -0.39 is 6.85 Å². The summed E-state index contributed by atoms with van der Waals surface area (Å²) in [4.78, 5) is 5.00. The minimum Gasteiger partial charge on any atom is -0.311 e. The second kappa shape index (κ2) is 13.0. The van der Waals surface area contributed by atoms with Crippen LogP contribution in [0.1, 0.15) is 164 Å². The topological polar surface area (TPSA) is 6.48 Å². The van der Waals surface area contributed by atoms with E-state index in [-0.39, 0.29) is 39.2 Å². The molecule has 0 saturated heterocycles. The van der Waals surface area contributed by atoms with E-state index in [0.29, 0.717) is 5.56 Å². The maximum Gasteiger partial charge on any atom is 0.252 e. The van der Waals surface area contributed by atoms with Crippen LogP contribution in [0.4, 0.5) is 34.1 Å². The van der Waals surface area contributed by atoms with Gasteiger partial charge in [-0.2, -0.15) is 0 Å². The van der Waals surface area contributed by atoms with Crippen molar-refractivity contribution in [2.75, 3.05) is 9.80 Å². The van der Waals surface area contributed by atoms with Crippen molar-refractivity contribution in [3.05, 3.63) is 136 Å². The molecule has 0 bridgehead atoms. The summed E-state index contributed by atoms with van der Waals surface area (Å²) in [6.07, 6.45) is 5.55. The molecule has 2 aliphatic heterocycles. The van der Waals surface area contributed by atoms with Gasteiger partial charge in [0.05, 0.1) is 0 Å². The first-order valence-electron chi connectivity index (χ1n) is 25.9. The number of fused-ring (bicyclic) bond motifs is 10. The maximum atomic E-state index is 9.21. The van der Waals surface area contributed by atoms with Crippen molar-refractivity contribution in [3.8, 4) is 0 Å². The molecule has 1 aromatic heterocycles. The third-order valence-corrected chi connectivity index (χ3v) is 18.7. The molecule has 0 radical (unpaired) electrons. The van der Waals surface area contributed by atoms with Crippen molar-refractivity contribution in [1.29, 1.82) is 0 Å². The fourth-order valence-corrected chi connectivity index (χ4v) is 15.0. The number of nitrogens with zero attached hydrogens (tertiary/aromatic N) is 2. The number of hydrogen-bond donors (Lipinski definition) is 0. The monoisotopic (exact) mass is 874 g/mol. The molecule has 7 aromatic rings. The van der Waals surface area contributed by atoms with Crippen LogP contribution in [0.5, 0.6) is 0 Å². The Labute approximate surface area is 397 Å². The molecule has 0 amide bonds. The lowest BCUT2D eigenvalue weighted by molar-refractivity contribution is 0.332. The number of hydrogen-bond acceptors (Lipinski definition) is 3. The van der Waals surface area contributed by atoms with Gasteiger partial charge in [-0.1, -0.05) is 126 Å². The highest BCUT2D eigenvalue weighted by molar-refractivity contribution is 7.25. The minimum absolute atomic E-state index is 0.0107. The standard InChI is InChI=1S/C61H67BN2S/c1-35-25-51-55-52(26-35)64(48-31-43-40(27-36(48)2)56(3,4)21-23-58(43,7)8)50-33-45-42(60(11,12)34-61(45,13)14)30-47(50)62(55)46-29-41-44(59(9,10)24-22-57(41,5)6)32-49(46)63(51)37-19-20-39-38-17-15-16-18-53(38)65-54(39)28-37/h15-20,25-33H,21-24,34H2,1-14H3/i1D3. The highest BCUT2D eigenvalue weighted by Crippen LogP contribution is 2.56. The fraction of sp³-hybridized carbons (Fsp3) is 0.410. The molecule has 0 fully saturated rings. The number of benzene rings is 6. The zero-order chi connectivity index (χ0) is 48.2. The third kappa shape index (κ3) is 5.77. The zero-order valence-electron chi connectivity index (χ0n) is 44.1. The molecule has 4 heteroatoms. The van der Waals surface area contributed by atoms with Crippen LogP contribution in [0.2, 0.25) is 0 Å². The Morgan fingerprint density at radius 2 is 0.954 bits per heavy atom. The van der Waals surface area contributed by atoms with E-state index in [2.05, 4.69) is 185 Å². The maximum absolute atomic E-state index is 9.21. The first-order valence-corrected chi connectivity index (χ1v) is 25.2. The van der Waals surface area contributed by atoms with Gasteiger partial charge in [-0.05, 0) is 188 Å². The summed E-state index contributed by atoms with van der Waals surface area (Å²) in [5.41, 5.74) is 20.4. The number of rotatable bonds is 2. The van der Waals surface area contributed by atoms with Gasteiger partial charge >= 0.3 is 0 Å². The summed E-state index contributed by atoms with van der Waals surface area (Å²) in [6, 6.07) is 35.1. The molecule has 12 rings (SSSR count). The zero-order valence-corrected chi connectivity index (χ0v) is 41.9. The third-order valence-electron chi connectivity index (χ3n) is 17.6. The van der Waals surface area contributed by atoms with Crippen LogP contribution >= 0.6 is 11.3 Å². The Balaban J connectivity index is 1.24. The van der Waals surface area contributed by atoms with Gasteiger partial charge in [0.25, 0.3) is 6.71 Å². The van der Waals surface area contributed by atoms with Crippen molar-refractivity contribution in [2.24, 2.45) is 0 Å². The van der Waals surface area contributed by atoms with Gasteiger partial charge in [0.15, 0.2) is 0 Å². The van der Waals surface area contributed by atoms with E-state index in [0.717, 1.165) is 60.5 Å². The summed E-state index contributed by atoms with van der Waals surface area (Å²) in [5.74, 6) is 0. The summed E-state index contributed by atoms with van der Waals surface area (Å²) in [5, 5.41) is 2.53. The van der Waals surface area contributed by atoms with Crippen molar-refractivity contribution in [3.63, 3.8) is 0 Å². The van der Waals surface area contributed by atoms with Gasteiger partial charge in [-0.3, -0.25) is 0 Å². The predicted octanol–water partition coefficient (Wildman–Crippen LogP) is 15.4. The summed E-state index contributed by atoms with van der Waals surface area (Å²) < 4.78 is 30.1. The number of aryl methyl sites for hydroxylation is 2. The minimum atomic E-state index is -2.35. The van der Waals surface area contributed by atoms with E-state index in [4.69, 9.17) is 0 Å². The lowest BCUT2D eigenvalue weighted by Gasteiger charge is -2.48. The van der Waals surface area contributed by atoms with E-state index in [1.165, 1.54) is 81.2 Å². The molecule has 0 N–H and O–H groups in total. The van der Waals surface area contributed by atoms with Crippen molar-refractivity contribution >= 4 is 88.7 Å². The average Bonchev–Trinajstić information content (AvgIpc) is 3.71. The Morgan fingerprint density at radius 3 is 1.55 bits per heavy atom. The van der Waals surface area contributed by atoms with Crippen LogP contribution in [0.25, 0.3) is 20.2 Å². The molecule has 6 aromatic carbocycles. The van der Waals surface area contributed by atoms with Crippen LogP contribution in [0.15, 0.2) is 91.0 Å². The van der Waals surface area contributed by atoms with Gasteiger partial charge in [-0.25, -0.2) is 0 Å². The average molecular weight is 874 g/mol. The number of thiophene rings is 1. The Bertz CT molecular complexity index is 3360. The van der Waals surface area contributed by atoms with Crippen LogP contribution in [-0.4, -0.2) is 6.71 Å². The van der Waals surface area contributed by atoms with Gasteiger partial charge in [0, 0.05) is 58.4 Å². The molecule has 2 nitrogen and oxygen atoms in total. The first kappa shape index (κ1) is 38.3. The Morgan fingerprint density at radius 1 is 0.477 bits per heavy atom. The highest BCUT2D eigenvalue weighted by atomic mass is 32.1. The molecule has 0 unspecified atom stereocenters. The fourth-order valence-electron chi connectivity index (χ4n) is 13.9. The molecule has 5 aliphatic rings. The molecule has 0 atom stereocenters. The Kier molecular flexibility index (Phi) is 7.67. The number of anilines is 6. The van der Waals surface area contributed by atoms with Crippen LogP contribution in [-0.2, 0) is 32.5 Å². The van der Waals surface area contributed by atoms with Crippen LogP contribution in [0, 0.1) is 13.8 Å². The highest BCUT2D eigenvalue weighted by Gasteiger charge is 2.50. The van der Waals surface area contributed by atoms with Crippen molar-refractivity contribution < 1.29 is 4.11 Å². The SMILES string of the molecule is [2H]C([2H])([2H])c1cc2c3c(c1)N(c1cc4c(cc1C)C(C)(C)CCC4(C)C)c1cc4c(cc1B3c1cc3c(cc1N2c1ccc2c(c1)sc1ccccc12)C(C)(C)CCC3(C)C)C(C)(C)CC4(C)C. The van der Waals surface area contributed by atoms with Gasteiger partial charge in [-0.15, -0.1) is 11.3 Å². The lowest BCUT2D eigenvalue weighted by atomic mass is 9.32.